The molecule has 0 spiro atoms. The van der Waals surface area contributed by atoms with E-state index >= 15 is 0 Å². The van der Waals surface area contributed by atoms with E-state index in [1.54, 1.807) is 30.6 Å². The molecule has 1 fully saturated rings. The summed E-state index contributed by atoms with van der Waals surface area (Å²) in [6.07, 6.45) is 3.96. The van der Waals surface area contributed by atoms with Crippen LogP contribution >= 0.6 is 0 Å². The van der Waals surface area contributed by atoms with Crippen molar-refractivity contribution in [3.8, 4) is 0 Å². The number of hydrogen-bond donors (Lipinski definition) is 3. The SMILES string of the molecule is CC(=O)Nc1ccc(C(=O)NCCNc2cc(N3CCCC3)ncn2)cc1. The summed E-state index contributed by atoms with van der Waals surface area (Å²) in [5.41, 5.74) is 1.21. The lowest BCUT2D eigenvalue weighted by atomic mass is 10.2. The van der Waals surface area contributed by atoms with E-state index in [9.17, 15) is 9.59 Å². The first-order chi connectivity index (χ1) is 13.1. The van der Waals surface area contributed by atoms with Crippen molar-refractivity contribution in [3.05, 3.63) is 42.2 Å². The Morgan fingerprint density at radius 3 is 2.52 bits per heavy atom. The molecule has 1 aromatic heterocycles. The first-order valence-electron chi connectivity index (χ1n) is 9.08. The van der Waals surface area contributed by atoms with Crippen LogP contribution in [0.5, 0.6) is 0 Å². The highest BCUT2D eigenvalue weighted by atomic mass is 16.2. The second kappa shape index (κ2) is 8.98. The second-order valence-corrected chi connectivity index (χ2v) is 6.40. The molecule has 3 rings (SSSR count). The van der Waals surface area contributed by atoms with Crippen LogP contribution < -0.4 is 20.9 Å². The Kier molecular flexibility index (Phi) is 6.19. The van der Waals surface area contributed by atoms with Gasteiger partial charge in [-0.1, -0.05) is 0 Å². The normalized spacial score (nSPS) is 13.3. The van der Waals surface area contributed by atoms with Crippen molar-refractivity contribution in [2.45, 2.75) is 19.8 Å². The van der Waals surface area contributed by atoms with Gasteiger partial charge >= 0.3 is 0 Å². The molecule has 2 aromatic rings. The van der Waals surface area contributed by atoms with Crippen molar-refractivity contribution in [1.82, 2.24) is 15.3 Å². The zero-order valence-electron chi connectivity index (χ0n) is 15.4. The van der Waals surface area contributed by atoms with E-state index in [-0.39, 0.29) is 11.8 Å². The van der Waals surface area contributed by atoms with Gasteiger partial charge in [0.1, 0.15) is 18.0 Å². The van der Waals surface area contributed by atoms with Crippen LogP contribution in [0.15, 0.2) is 36.7 Å². The van der Waals surface area contributed by atoms with Crippen LogP contribution in [-0.4, -0.2) is 48.0 Å². The molecule has 1 aromatic carbocycles. The van der Waals surface area contributed by atoms with E-state index in [0.717, 1.165) is 24.7 Å². The lowest BCUT2D eigenvalue weighted by molar-refractivity contribution is -0.114. The molecule has 0 saturated carbocycles. The highest BCUT2D eigenvalue weighted by molar-refractivity contribution is 5.95. The third-order valence-electron chi connectivity index (χ3n) is 4.27. The average molecular weight is 368 g/mol. The predicted octanol–water partition coefficient (Wildman–Crippen LogP) is 1.88. The number of carbonyl (C=O) groups excluding carboxylic acids is 2. The fourth-order valence-electron chi connectivity index (χ4n) is 2.94. The molecule has 0 bridgehead atoms. The van der Waals surface area contributed by atoms with E-state index in [4.69, 9.17) is 0 Å². The Hall–Kier alpha value is -3.16. The van der Waals surface area contributed by atoms with Crippen molar-refractivity contribution in [2.75, 3.05) is 41.7 Å². The molecular formula is C19H24N6O2. The second-order valence-electron chi connectivity index (χ2n) is 6.40. The van der Waals surface area contributed by atoms with Gasteiger partial charge in [0.15, 0.2) is 0 Å². The first-order valence-corrected chi connectivity index (χ1v) is 9.08. The van der Waals surface area contributed by atoms with Crippen molar-refractivity contribution in [1.29, 1.82) is 0 Å². The molecule has 0 unspecified atom stereocenters. The Balaban J connectivity index is 1.43. The minimum atomic E-state index is -0.161. The molecule has 142 valence electrons. The number of rotatable bonds is 7. The molecule has 1 aliphatic rings. The van der Waals surface area contributed by atoms with Gasteiger partial charge in [0.25, 0.3) is 5.91 Å². The van der Waals surface area contributed by atoms with E-state index in [2.05, 4.69) is 30.8 Å². The van der Waals surface area contributed by atoms with E-state index in [1.165, 1.54) is 19.8 Å². The number of carbonyl (C=O) groups is 2. The van der Waals surface area contributed by atoms with Crippen LogP contribution in [0.2, 0.25) is 0 Å². The minimum Gasteiger partial charge on any atom is -0.368 e. The average Bonchev–Trinajstić information content (AvgIpc) is 3.20. The number of nitrogens with zero attached hydrogens (tertiary/aromatic N) is 3. The van der Waals surface area contributed by atoms with Crippen molar-refractivity contribution in [3.63, 3.8) is 0 Å². The zero-order chi connectivity index (χ0) is 19.1. The Labute approximate surface area is 158 Å². The summed E-state index contributed by atoms with van der Waals surface area (Å²) in [4.78, 5) is 34.0. The molecule has 0 aliphatic carbocycles. The molecule has 8 heteroatoms. The van der Waals surface area contributed by atoms with Gasteiger partial charge in [0, 0.05) is 50.4 Å². The van der Waals surface area contributed by atoms with Gasteiger partial charge < -0.3 is 20.9 Å². The van der Waals surface area contributed by atoms with E-state index < -0.39 is 0 Å². The smallest absolute Gasteiger partial charge is 0.251 e. The van der Waals surface area contributed by atoms with Gasteiger partial charge in [-0.2, -0.15) is 0 Å². The van der Waals surface area contributed by atoms with Crippen molar-refractivity contribution in [2.24, 2.45) is 0 Å². The lowest BCUT2D eigenvalue weighted by Gasteiger charge is -2.16. The molecule has 2 heterocycles. The number of aromatic nitrogens is 2. The van der Waals surface area contributed by atoms with Gasteiger partial charge in [-0.15, -0.1) is 0 Å². The van der Waals surface area contributed by atoms with E-state index in [0.29, 0.717) is 24.3 Å². The van der Waals surface area contributed by atoms with Crippen LogP contribution in [0.25, 0.3) is 0 Å². The molecule has 8 nitrogen and oxygen atoms in total. The van der Waals surface area contributed by atoms with Crippen molar-refractivity contribution >= 4 is 29.1 Å². The fraction of sp³-hybridized carbons (Fsp3) is 0.368. The molecule has 2 amide bonds. The zero-order valence-corrected chi connectivity index (χ0v) is 15.4. The summed E-state index contributed by atoms with van der Waals surface area (Å²) < 4.78 is 0. The minimum absolute atomic E-state index is 0.143. The van der Waals surface area contributed by atoms with Gasteiger partial charge in [-0.05, 0) is 37.1 Å². The summed E-state index contributed by atoms with van der Waals surface area (Å²) in [5, 5.41) is 8.73. The molecule has 1 aliphatic heterocycles. The maximum atomic E-state index is 12.2. The maximum absolute atomic E-state index is 12.2. The third-order valence-corrected chi connectivity index (χ3v) is 4.27. The topological polar surface area (TPSA) is 99.2 Å². The maximum Gasteiger partial charge on any atom is 0.251 e. The highest BCUT2D eigenvalue weighted by Gasteiger charge is 2.13. The lowest BCUT2D eigenvalue weighted by Crippen LogP contribution is -2.29. The highest BCUT2D eigenvalue weighted by Crippen LogP contribution is 2.19. The number of benzene rings is 1. The molecular weight excluding hydrogens is 344 g/mol. The monoisotopic (exact) mass is 368 g/mol. The van der Waals surface area contributed by atoms with Crippen LogP contribution in [-0.2, 0) is 4.79 Å². The van der Waals surface area contributed by atoms with Crippen LogP contribution in [0.1, 0.15) is 30.1 Å². The summed E-state index contributed by atoms with van der Waals surface area (Å²) >= 11 is 0. The number of nitrogens with one attached hydrogen (secondary N) is 3. The quantitative estimate of drug-likeness (QED) is 0.646. The Bertz CT molecular complexity index is 787. The van der Waals surface area contributed by atoms with Gasteiger partial charge in [-0.25, -0.2) is 9.97 Å². The number of anilines is 3. The van der Waals surface area contributed by atoms with Gasteiger partial charge in [0.2, 0.25) is 5.91 Å². The Morgan fingerprint density at radius 1 is 1.07 bits per heavy atom. The molecule has 27 heavy (non-hydrogen) atoms. The molecule has 3 N–H and O–H groups in total. The van der Waals surface area contributed by atoms with Gasteiger partial charge in [0.05, 0.1) is 0 Å². The standard InChI is InChI=1S/C19H24N6O2/c1-14(26)24-16-6-4-15(5-7-16)19(27)21-9-8-20-17-12-18(23-13-22-17)25-10-2-3-11-25/h4-7,12-13H,2-3,8-11H2,1H3,(H,21,27)(H,24,26)(H,20,22,23). The fourth-order valence-corrected chi connectivity index (χ4v) is 2.94. The molecule has 1 saturated heterocycles. The predicted molar refractivity (Wildman–Crippen MR) is 105 cm³/mol. The molecule has 0 radical (unpaired) electrons. The number of amides is 2. The third kappa shape index (κ3) is 5.40. The summed E-state index contributed by atoms with van der Waals surface area (Å²) in [6, 6.07) is 8.71. The Morgan fingerprint density at radius 2 is 1.81 bits per heavy atom. The van der Waals surface area contributed by atoms with Gasteiger partial charge in [-0.3, -0.25) is 9.59 Å². The summed E-state index contributed by atoms with van der Waals surface area (Å²) in [6.45, 7) is 4.54. The first kappa shape index (κ1) is 18.6. The molecule has 0 atom stereocenters. The van der Waals surface area contributed by atoms with E-state index in [1.807, 2.05) is 6.07 Å². The van der Waals surface area contributed by atoms with Crippen LogP contribution in [0.3, 0.4) is 0 Å². The van der Waals surface area contributed by atoms with Crippen molar-refractivity contribution < 1.29 is 9.59 Å². The number of hydrogen-bond acceptors (Lipinski definition) is 6. The largest absolute Gasteiger partial charge is 0.368 e. The summed E-state index contributed by atoms with van der Waals surface area (Å²) in [7, 11) is 0. The van der Waals surface area contributed by atoms with Crippen LogP contribution in [0, 0.1) is 0 Å². The summed E-state index contributed by atoms with van der Waals surface area (Å²) in [5.74, 6) is 1.39. The van der Waals surface area contributed by atoms with Crippen LogP contribution in [0.4, 0.5) is 17.3 Å².